The van der Waals surface area contributed by atoms with E-state index in [-0.39, 0.29) is 29.0 Å². The first-order valence-corrected chi connectivity index (χ1v) is 12.5. The zero-order valence-corrected chi connectivity index (χ0v) is 22.0. The van der Waals surface area contributed by atoms with E-state index in [1.54, 1.807) is 18.2 Å². The van der Waals surface area contributed by atoms with E-state index in [9.17, 15) is 19.6 Å². The third kappa shape index (κ3) is 7.82. The Labute approximate surface area is 226 Å². The molecule has 1 aromatic heterocycles. The molecule has 0 bridgehead atoms. The number of carbonyl (C=O) groups excluding carboxylic acids is 2. The number of methoxy groups -OCH3 is 1. The van der Waals surface area contributed by atoms with Crippen molar-refractivity contribution < 1.29 is 28.2 Å². The minimum absolute atomic E-state index is 0.0602. The predicted molar refractivity (Wildman–Crippen MR) is 147 cm³/mol. The van der Waals surface area contributed by atoms with E-state index in [2.05, 4.69) is 18.8 Å². The van der Waals surface area contributed by atoms with E-state index >= 15 is 0 Å². The lowest BCUT2D eigenvalue weighted by Crippen LogP contribution is -2.28. The third-order valence-corrected chi connectivity index (χ3v) is 5.66. The van der Waals surface area contributed by atoms with Crippen molar-refractivity contribution in [1.29, 1.82) is 5.26 Å². The summed E-state index contributed by atoms with van der Waals surface area (Å²) in [5.41, 5.74) is -0.589. The second-order valence-corrected chi connectivity index (χ2v) is 8.52. The first-order valence-electron chi connectivity index (χ1n) is 12.5. The number of nitrogens with one attached hydrogen (secondary N) is 1. The van der Waals surface area contributed by atoms with Crippen molar-refractivity contribution in [2.75, 3.05) is 20.3 Å². The number of hydrogen-bond donors (Lipinski definition) is 1. The summed E-state index contributed by atoms with van der Waals surface area (Å²) in [7, 11) is 1.51. The molecule has 2 aromatic carbocycles. The fraction of sp³-hybridized carbons (Fsp3) is 0.267. The average Bonchev–Trinajstić information content (AvgIpc) is 2.94. The van der Waals surface area contributed by atoms with E-state index < -0.39 is 17.5 Å². The largest absolute Gasteiger partial charge is 0.493 e. The maximum atomic E-state index is 12.7. The van der Waals surface area contributed by atoms with Gasteiger partial charge in [0.2, 0.25) is 0 Å². The summed E-state index contributed by atoms with van der Waals surface area (Å²) >= 11 is 0. The molecule has 0 aliphatic carbocycles. The highest BCUT2D eigenvalue weighted by atomic mass is 16.5. The van der Waals surface area contributed by atoms with Crippen molar-refractivity contribution in [3.8, 4) is 23.3 Å². The minimum Gasteiger partial charge on any atom is -0.493 e. The van der Waals surface area contributed by atoms with Crippen LogP contribution in [0.2, 0.25) is 0 Å². The molecule has 39 heavy (non-hydrogen) atoms. The van der Waals surface area contributed by atoms with Crippen molar-refractivity contribution in [3.63, 3.8) is 0 Å². The number of benzene rings is 2. The molecule has 1 heterocycles. The Hall–Kier alpha value is -4.84. The van der Waals surface area contributed by atoms with Gasteiger partial charge in [-0.3, -0.25) is 4.79 Å². The van der Waals surface area contributed by atoms with Gasteiger partial charge < -0.3 is 23.9 Å². The number of nitriles is 1. The molecule has 3 aromatic rings. The first kappa shape index (κ1) is 28.7. The minimum atomic E-state index is -0.894. The van der Waals surface area contributed by atoms with Crippen molar-refractivity contribution in [2.24, 2.45) is 0 Å². The summed E-state index contributed by atoms with van der Waals surface area (Å²) in [6.45, 7) is 6.42. The number of nitrogens with zero attached hydrogens (tertiary/aromatic N) is 1. The number of fused-ring (bicyclic) bond motifs is 1. The first-order chi connectivity index (χ1) is 18.9. The zero-order valence-electron chi connectivity index (χ0n) is 22.0. The summed E-state index contributed by atoms with van der Waals surface area (Å²) < 4.78 is 21.8. The lowest BCUT2D eigenvalue weighted by molar-refractivity contribution is -0.129. The highest BCUT2D eigenvalue weighted by Crippen LogP contribution is 2.29. The van der Waals surface area contributed by atoms with Crippen LogP contribution in [0.3, 0.4) is 0 Å². The topological polar surface area (TPSA) is 128 Å². The number of carbonyl (C=O) groups is 2. The number of hydrogen-bond acceptors (Lipinski definition) is 8. The van der Waals surface area contributed by atoms with Gasteiger partial charge in [-0.25, -0.2) is 9.59 Å². The maximum absolute atomic E-state index is 12.7. The van der Waals surface area contributed by atoms with Crippen LogP contribution in [0.1, 0.15) is 48.5 Å². The van der Waals surface area contributed by atoms with Crippen LogP contribution in [0, 0.1) is 11.3 Å². The maximum Gasteiger partial charge on any atom is 0.354 e. The smallest absolute Gasteiger partial charge is 0.354 e. The number of esters is 1. The molecule has 3 rings (SSSR count). The van der Waals surface area contributed by atoms with E-state index in [1.807, 2.05) is 6.07 Å². The molecular weight excluding hydrogens is 500 g/mol. The van der Waals surface area contributed by atoms with Gasteiger partial charge in [-0.2, -0.15) is 5.26 Å². The van der Waals surface area contributed by atoms with Crippen LogP contribution in [0.15, 0.2) is 69.9 Å². The van der Waals surface area contributed by atoms with Crippen molar-refractivity contribution in [1.82, 2.24) is 5.32 Å². The van der Waals surface area contributed by atoms with E-state index in [4.69, 9.17) is 18.6 Å². The van der Waals surface area contributed by atoms with E-state index in [1.165, 1.54) is 43.5 Å². The van der Waals surface area contributed by atoms with E-state index in [0.29, 0.717) is 29.1 Å². The number of rotatable bonds is 13. The monoisotopic (exact) mass is 530 g/mol. The molecule has 1 N–H and O–H groups in total. The second kappa shape index (κ2) is 14.2. The Balaban J connectivity index is 1.75. The van der Waals surface area contributed by atoms with Crippen LogP contribution in [0.5, 0.6) is 17.2 Å². The average molecular weight is 531 g/mol. The molecule has 1 amide bonds. The predicted octanol–water partition coefficient (Wildman–Crippen LogP) is 5.19. The fourth-order valence-corrected chi connectivity index (χ4v) is 3.64. The summed E-state index contributed by atoms with van der Waals surface area (Å²) in [5.74, 6) is -0.369. The standard InChI is InChI=1S/C30H30N2O7/c1-4-6-7-8-14-37-25-12-9-20(16-27(25)36-3)15-22(19-31)29(34)38-23-11-10-21-17-24(28(33)32-13-5-2)30(35)39-26(21)18-23/h5,9-12,15-18H,2,4,6-8,13-14H2,1,3H3,(H,32,33)/b22-15+. The van der Waals surface area contributed by atoms with E-state index in [0.717, 1.165) is 25.7 Å². The zero-order chi connectivity index (χ0) is 28.2. The molecule has 0 saturated heterocycles. The Kier molecular flexibility index (Phi) is 10.5. The normalized spacial score (nSPS) is 10.9. The number of unbranched alkanes of at least 4 members (excludes halogenated alkanes) is 3. The molecule has 0 radical (unpaired) electrons. The van der Waals surface area contributed by atoms with Gasteiger partial charge in [-0.1, -0.05) is 38.3 Å². The summed E-state index contributed by atoms with van der Waals surface area (Å²) in [4.78, 5) is 37.1. The summed E-state index contributed by atoms with van der Waals surface area (Å²) in [6, 6.07) is 12.7. The van der Waals surface area contributed by atoms with Gasteiger partial charge in [0.25, 0.3) is 5.91 Å². The molecule has 0 atom stereocenters. The van der Waals surface area contributed by atoms with Crippen LogP contribution < -0.4 is 25.2 Å². The summed E-state index contributed by atoms with van der Waals surface area (Å²) in [6.07, 6.45) is 7.19. The molecule has 0 fully saturated rings. The Morgan fingerprint density at radius 1 is 1.10 bits per heavy atom. The fourth-order valence-electron chi connectivity index (χ4n) is 3.64. The van der Waals surface area contributed by atoms with Gasteiger partial charge in [0.15, 0.2) is 11.5 Å². The Morgan fingerprint density at radius 2 is 1.92 bits per heavy atom. The molecule has 0 aliphatic rings. The highest BCUT2D eigenvalue weighted by Gasteiger charge is 2.16. The molecular formula is C30H30N2O7. The van der Waals surface area contributed by atoms with Crippen LogP contribution in [-0.2, 0) is 4.79 Å². The van der Waals surface area contributed by atoms with Crippen molar-refractivity contribution >= 4 is 28.9 Å². The molecule has 9 heteroatoms. The second-order valence-electron chi connectivity index (χ2n) is 8.52. The number of amides is 1. The molecule has 9 nitrogen and oxygen atoms in total. The number of ether oxygens (including phenoxy) is 3. The van der Waals surface area contributed by atoms with Gasteiger partial charge in [0.1, 0.15) is 28.5 Å². The van der Waals surface area contributed by atoms with Crippen LogP contribution in [-0.4, -0.2) is 32.1 Å². The lowest BCUT2D eigenvalue weighted by atomic mass is 10.1. The SMILES string of the molecule is C=CCNC(=O)c1cc2ccc(OC(=O)/C(C#N)=C/c3ccc(OCCCCCC)c(OC)c3)cc2oc1=O. The van der Waals surface area contributed by atoms with Crippen LogP contribution >= 0.6 is 0 Å². The van der Waals surface area contributed by atoms with Gasteiger partial charge in [-0.15, -0.1) is 6.58 Å². The van der Waals surface area contributed by atoms with Crippen LogP contribution in [0.25, 0.3) is 17.0 Å². The van der Waals surface area contributed by atoms with Gasteiger partial charge in [-0.05, 0) is 48.4 Å². The Morgan fingerprint density at radius 3 is 2.64 bits per heavy atom. The van der Waals surface area contributed by atoms with Crippen molar-refractivity contribution in [2.45, 2.75) is 32.6 Å². The molecule has 0 unspecified atom stereocenters. The van der Waals surface area contributed by atoms with Gasteiger partial charge in [0, 0.05) is 18.0 Å². The molecule has 0 spiro atoms. The lowest BCUT2D eigenvalue weighted by Gasteiger charge is -2.11. The molecule has 0 saturated carbocycles. The van der Waals surface area contributed by atoms with Gasteiger partial charge >= 0.3 is 11.6 Å². The van der Waals surface area contributed by atoms with Gasteiger partial charge in [0.05, 0.1) is 13.7 Å². The van der Waals surface area contributed by atoms with Crippen molar-refractivity contribution in [3.05, 3.63) is 82.2 Å². The highest BCUT2D eigenvalue weighted by molar-refractivity contribution is 6.00. The molecule has 202 valence electrons. The Bertz CT molecular complexity index is 1480. The molecule has 0 aliphatic heterocycles. The van der Waals surface area contributed by atoms with Crippen LogP contribution in [0.4, 0.5) is 0 Å². The quantitative estimate of drug-likeness (QED) is 0.0608. The third-order valence-electron chi connectivity index (χ3n) is 5.66. The summed E-state index contributed by atoms with van der Waals surface area (Å²) in [5, 5.41) is 12.5.